The molecule has 156 valence electrons. The molecule has 1 unspecified atom stereocenters. The molecule has 30 heavy (non-hydrogen) atoms. The highest BCUT2D eigenvalue weighted by Gasteiger charge is 2.26. The Morgan fingerprint density at radius 1 is 1.10 bits per heavy atom. The summed E-state index contributed by atoms with van der Waals surface area (Å²) in [6.07, 6.45) is 1.30. The first-order chi connectivity index (χ1) is 14.5. The van der Waals surface area contributed by atoms with Gasteiger partial charge in [-0.1, -0.05) is 19.1 Å². The Labute approximate surface area is 176 Å². The molecule has 2 heterocycles. The molecular formula is C23H26N4O3. The molecule has 1 fully saturated rings. The van der Waals surface area contributed by atoms with Crippen LogP contribution in [0, 0.1) is 5.92 Å². The van der Waals surface area contributed by atoms with Crippen molar-refractivity contribution in [1.29, 1.82) is 0 Å². The van der Waals surface area contributed by atoms with Gasteiger partial charge in [0.15, 0.2) is 0 Å². The van der Waals surface area contributed by atoms with Gasteiger partial charge < -0.3 is 20.4 Å². The topological polar surface area (TPSA) is 81.8 Å². The summed E-state index contributed by atoms with van der Waals surface area (Å²) in [7, 11) is 0. The molecule has 1 atom stereocenters. The number of nitrogens with one attached hydrogen (secondary N) is 2. The van der Waals surface area contributed by atoms with Crippen LogP contribution in [-0.4, -0.2) is 37.4 Å². The fraction of sp³-hybridized carbons (Fsp3) is 0.348. The van der Waals surface area contributed by atoms with Crippen molar-refractivity contribution in [3.8, 4) is 0 Å². The van der Waals surface area contributed by atoms with Gasteiger partial charge in [0.05, 0.1) is 11.4 Å². The molecule has 1 saturated heterocycles. The van der Waals surface area contributed by atoms with Crippen LogP contribution in [0.5, 0.6) is 0 Å². The van der Waals surface area contributed by atoms with E-state index in [1.165, 1.54) is 11.3 Å². The lowest BCUT2D eigenvalue weighted by molar-refractivity contribution is -0.124. The molecule has 2 aromatic rings. The van der Waals surface area contributed by atoms with Crippen molar-refractivity contribution in [3.05, 3.63) is 48.5 Å². The number of nitrogens with zero attached hydrogens (tertiary/aromatic N) is 2. The third-order valence-electron chi connectivity index (χ3n) is 5.58. The number of amides is 3. The van der Waals surface area contributed by atoms with E-state index in [1.54, 1.807) is 18.2 Å². The largest absolute Gasteiger partial charge is 0.371 e. The van der Waals surface area contributed by atoms with Gasteiger partial charge in [0.2, 0.25) is 17.7 Å². The Morgan fingerprint density at radius 2 is 1.87 bits per heavy atom. The molecule has 0 saturated carbocycles. The second kappa shape index (κ2) is 8.57. The van der Waals surface area contributed by atoms with Crippen LogP contribution >= 0.6 is 0 Å². The van der Waals surface area contributed by atoms with Crippen molar-refractivity contribution in [1.82, 2.24) is 0 Å². The second-order valence-electron chi connectivity index (χ2n) is 7.98. The van der Waals surface area contributed by atoms with Gasteiger partial charge in [0.25, 0.3) is 0 Å². The molecule has 0 aromatic heterocycles. The maximum atomic E-state index is 12.6. The average Bonchev–Trinajstić information content (AvgIpc) is 3.18. The first-order valence-corrected chi connectivity index (χ1v) is 10.3. The van der Waals surface area contributed by atoms with Crippen LogP contribution in [0.2, 0.25) is 0 Å². The van der Waals surface area contributed by atoms with Gasteiger partial charge in [-0.2, -0.15) is 0 Å². The molecule has 7 nitrogen and oxygen atoms in total. The molecule has 0 aliphatic carbocycles. The van der Waals surface area contributed by atoms with Gasteiger partial charge in [-0.15, -0.1) is 0 Å². The molecule has 3 amide bonds. The number of benzene rings is 2. The van der Waals surface area contributed by atoms with Crippen LogP contribution in [0.15, 0.2) is 48.5 Å². The normalized spacial score (nSPS) is 18.0. The van der Waals surface area contributed by atoms with Crippen LogP contribution in [0.1, 0.15) is 26.2 Å². The highest BCUT2D eigenvalue weighted by molar-refractivity contribution is 6.10. The van der Waals surface area contributed by atoms with Crippen LogP contribution in [0.25, 0.3) is 0 Å². The predicted molar refractivity (Wildman–Crippen MR) is 118 cm³/mol. The van der Waals surface area contributed by atoms with Crippen molar-refractivity contribution in [2.45, 2.75) is 26.2 Å². The zero-order valence-electron chi connectivity index (χ0n) is 17.1. The Hall–Kier alpha value is -3.35. The number of rotatable bonds is 5. The standard InChI is InChI=1S/C23H26N4O3/c1-16-12-13-26(14-16)18-8-6-17(7-9-18)24-21(28)10-11-23(30)27-15-22(29)25-19-4-2-3-5-20(19)27/h2-9,16H,10-15H2,1H3,(H,24,28)(H,25,29). The molecule has 2 aliphatic heterocycles. The minimum Gasteiger partial charge on any atom is -0.371 e. The van der Waals surface area contributed by atoms with Gasteiger partial charge in [-0.25, -0.2) is 0 Å². The van der Waals surface area contributed by atoms with E-state index in [0.29, 0.717) is 23.0 Å². The number of carbonyl (C=O) groups excluding carboxylic acids is 3. The van der Waals surface area contributed by atoms with Crippen molar-refractivity contribution in [2.24, 2.45) is 5.92 Å². The third kappa shape index (κ3) is 4.45. The van der Waals surface area contributed by atoms with Gasteiger partial charge in [0, 0.05) is 37.3 Å². The van der Waals surface area contributed by atoms with Crippen molar-refractivity contribution in [3.63, 3.8) is 0 Å². The van der Waals surface area contributed by atoms with Crippen molar-refractivity contribution < 1.29 is 14.4 Å². The van der Waals surface area contributed by atoms with E-state index in [2.05, 4.69) is 22.5 Å². The smallest absolute Gasteiger partial charge is 0.244 e. The fourth-order valence-electron chi connectivity index (χ4n) is 3.96. The number of carbonyl (C=O) groups is 3. The summed E-state index contributed by atoms with van der Waals surface area (Å²) < 4.78 is 0. The minimum absolute atomic E-state index is 0.0337. The van der Waals surface area contributed by atoms with Crippen LogP contribution < -0.4 is 20.4 Å². The fourth-order valence-corrected chi connectivity index (χ4v) is 3.96. The number of hydrogen-bond donors (Lipinski definition) is 2. The Balaban J connectivity index is 1.31. The van der Waals surface area contributed by atoms with Crippen molar-refractivity contribution >= 4 is 40.5 Å². The van der Waals surface area contributed by atoms with Crippen LogP contribution in [0.3, 0.4) is 0 Å². The summed E-state index contributed by atoms with van der Waals surface area (Å²) in [5.41, 5.74) is 3.15. The van der Waals surface area contributed by atoms with E-state index in [9.17, 15) is 14.4 Å². The summed E-state index contributed by atoms with van der Waals surface area (Å²) in [6, 6.07) is 15.0. The Kier molecular flexibility index (Phi) is 5.70. The van der Waals surface area contributed by atoms with E-state index in [0.717, 1.165) is 18.8 Å². The second-order valence-corrected chi connectivity index (χ2v) is 7.98. The quantitative estimate of drug-likeness (QED) is 0.799. The third-order valence-corrected chi connectivity index (χ3v) is 5.58. The summed E-state index contributed by atoms with van der Waals surface area (Å²) in [4.78, 5) is 40.6. The SMILES string of the molecule is CC1CCN(c2ccc(NC(=O)CCC(=O)N3CC(=O)Nc4ccccc43)cc2)C1. The number of para-hydroxylation sites is 2. The zero-order chi connectivity index (χ0) is 21.1. The number of fused-ring (bicyclic) bond motifs is 1. The summed E-state index contributed by atoms with van der Waals surface area (Å²) in [6.45, 7) is 4.34. The van der Waals surface area contributed by atoms with E-state index in [-0.39, 0.29) is 37.1 Å². The van der Waals surface area contributed by atoms with Gasteiger partial charge >= 0.3 is 0 Å². The van der Waals surface area contributed by atoms with E-state index in [1.807, 2.05) is 30.3 Å². The van der Waals surface area contributed by atoms with Gasteiger partial charge in [-0.05, 0) is 48.7 Å². The van der Waals surface area contributed by atoms with E-state index in [4.69, 9.17) is 0 Å². The monoisotopic (exact) mass is 406 g/mol. The molecule has 2 aromatic carbocycles. The van der Waals surface area contributed by atoms with E-state index < -0.39 is 0 Å². The molecular weight excluding hydrogens is 380 g/mol. The average molecular weight is 406 g/mol. The lowest BCUT2D eigenvalue weighted by Crippen LogP contribution is -2.42. The summed E-state index contributed by atoms with van der Waals surface area (Å²) >= 11 is 0. The lowest BCUT2D eigenvalue weighted by atomic mass is 10.1. The highest BCUT2D eigenvalue weighted by atomic mass is 16.2. The zero-order valence-corrected chi connectivity index (χ0v) is 17.1. The minimum atomic E-state index is -0.244. The Bertz CT molecular complexity index is 957. The highest BCUT2D eigenvalue weighted by Crippen LogP contribution is 2.29. The first-order valence-electron chi connectivity index (χ1n) is 10.3. The van der Waals surface area contributed by atoms with Crippen LogP contribution in [-0.2, 0) is 14.4 Å². The molecule has 0 bridgehead atoms. The number of anilines is 4. The van der Waals surface area contributed by atoms with Gasteiger partial charge in [-0.3, -0.25) is 14.4 Å². The van der Waals surface area contributed by atoms with Gasteiger partial charge in [0.1, 0.15) is 6.54 Å². The first kappa shape index (κ1) is 19.9. The molecule has 0 radical (unpaired) electrons. The summed E-state index contributed by atoms with van der Waals surface area (Å²) in [5, 5.41) is 5.60. The predicted octanol–water partition coefficient (Wildman–Crippen LogP) is 3.24. The lowest BCUT2D eigenvalue weighted by Gasteiger charge is -2.29. The molecule has 4 rings (SSSR count). The molecule has 2 aliphatic rings. The maximum Gasteiger partial charge on any atom is 0.244 e. The molecule has 0 spiro atoms. The number of hydrogen-bond acceptors (Lipinski definition) is 4. The van der Waals surface area contributed by atoms with E-state index >= 15 is 0 Å². The summed E-state index contributed by atoms with van der Waals surface area (Å²) in [5.74, 6) is 0.00504. The molecule has 7 heteroatoms. The van der Waals surface area contributed by atoms with Crippen LogP contribution in [0.4, 0.5) is 22.7 Å². The molecule has 2 N–H and O–H groups in total. The Morgan fingerprint density at radius 3 is 2.60 bits per heavy atom. The maximum absolute atomic E-state index is 12.6. The van der Waals surface area contributed by atoms with Crippen molar-refractivity contribution in [2.75, 3.05) is 40.1 Å².